The molecule has 3 nitrogen and oxygen atoms in total. The molecule has 2 rings (SSSR count). The second kappa shape index (κ2) is 4.63. The number of methoxy groups -OCH3 is 1. The molecule has 0 amide bonds. The molecule has 1 aliphatic rings. The minimum atomic E-state index is 0.397. The molecule has 0 radical (unpaired) electrons. The van der Waals surface area contributed by atoms with Crippen LogP contribution in [0.5, 0.6) is 11.5 Å². The van der Waals surface area contributed by atoms with E-state index in [0.717, 1.165) is 0 Å². The van der Waals surface area contributed by atoms with Crippen molar-refractivity contribution >= 4 is 11.6 Å². The van der Waals surface area contributed by atoms with Crippen molar-refractivity contribution in [2.24, 2.45) is 5.92 Å². The molecule has 0 saturated heterocycles. The molecule has 0 aliphatic heterocycles. The average Bonchev–Trinajstić information content (AvgIpc) is 3.10. The molecule has 16 heavy (non-hydrogen) atoms. The van der Waals surface area contributed by atoms with E-state index >= 15 is 0 Å². The van der Waals surface area contributed by atoms with E-state index in [1.54, 1.807) is 19.2 Å². The second-order valence-corrected chi connectivity index (χ2v) is 4.26. The highest BCUT2D eigenvalue weighted by Gasteiger charge is 2.22. The van der Waals surface area contributed by atoms with Crippen LogP contribution in [-0.2, 0) is 0 Å². The molecule has 0 aromatic heterocycles. The monoisotopic (exact) mass is 237 g/mol. The lowest BCUT2D eigenvalue weighted by Gasteiger charge is -2.11. The maximum Gasteiger partial charge on any atom is 0.162 e. The molecule has 1 fully saturated rings. The standard InChI is InChI=1S/C12H12ClNO2/c1-15-11-4-9(6-14)10(13)5-12(11)16-7-8-2-3-8/h4-5,8H,2-3,7H2,1H3. The van der Waals surface area contributed by atoms with Gasteiger partial charge in [0.1, 0.15) is 6.07 Å². The van der Waals surface area contributed by atoms with Crippen LogP contribution in [0.1, 0.15) is 18.4 Å². The number of nitrogens with zero attached hydrogens (tertiary/aromatic N) is 1. The summed E-state index contributed by atoms with van der Waals surface area (Å²) >= 11 is 5.93. The Morgan fingerprint density at radius 3 is 2.75 bits per heavy atom. The third kappa shape index (κ3) is 2.40. The summed E-state index contributed by atoms with van der Waals surface area (Å²) in [6.07, 6.45) is 2.46. The van der Waals surface area contributed by atoms with Crippen molar-refractivity contribution in [3.05, 3.63) is 22.7 Å². The van der Waals surface area contributed by atoms with Crippen LogP contribution < -0.4 is 9.47 Å². The molecular formula is C12H12ClNO2. The summed E-state index contributed by atoms with van der Waals surface area (Å²) < 4.78 is 10.8. The lowest BCUT2D eigenvalue weighted by atomic mass is 10.2. The first-order valence-corrected chi connectivity index (χ1v) is 5.53. The Labute approximate surface area is 99.5 Å². The number of hydrogen-bond donors (Lipinski definition) is 0. The van der Waals surface area contributed by atoms with Crippen molar-refractivity contribution in [2.75, 3.05) is 13.7 Å². The van der Waals surface area contributed by atoms with Crippen molar-refractivity contribution in [2.45, 2.75) is 12.8 Å². The molecule has 1 aromatic carbocycles. The van der Waals surface area contributed by atoms with Gasteiger partial charge in [0, 0.05) is 12.1 Å². The molecule has 0 heterocycles. The fourth-order valence-corrected chi connectivity index (χ4v) is 1.58. The SMILES string of the molecule is COc1cc(C#N)c(Cl)cc1OCC1CC1. The van der Waals surface area contributed by atoms with Gasteiger partial charge < -0.3 is 9.47 Å². The number of nitriles is 1. The van der Waals surface area contributed by atoms with Gasteiger partial charge in [0.2, 0.25) is 0 Å². The van der Waals surface area contributed by atoms with Gasteiger partial charge in [0.15, 0.2) is 11.5 Å². The van der Waals surface area contributed by atoms with Crippen molar-refractivity contribution < 1.29 is 9.47 Å². The normalized spacial score (nSPS) is 14.3. The first-order chi connectivity index (χ1) is 7.74. The predicted octanol–water partition coefficient (Wildman–Crippen LogP) is 3.01. The van der Waals surface area contributed by atoms with Crippen molar-refractivity contribution in [3.8, 4) is 17.6 Å². The quantitative estimate of drug-likeness (QED) is 0.809. The summed E-state index contributed by atoms with van der Waals surface area (Å²) in [4.78, 5) is 0. The van der Waals surface area contributed by atoms with E-state index in [1.807, 2.05) is 6.07 Å². The van der Waals surface area contributed by atoms with Gasteiger partial charge in [-0.3, -0.25) is 0 Å². The Bertz CT molecular complexity index is 435. The van der Waals surface area contributed by atoms with Gasteiger partial charge in [-0.15, -0.1) is 0 Å². The Morgan fingerprint density at radius 2 is 2.19 bits per heavy atom. The van der Waals surface area contributed by atoms with E-state index in [2.05, 4.69) is 0 Å². The smallest absolute Gasteiger partial charge is 0.162 e. The predicted molar refractivity (Wildman–Crippen MR) is 60.9 cm³/mol. The van der Waals surface area contributed by atoms with Crippen molar-refractivity contribution in [1.29, 1.82) is 5.26 Å². The highest BCUT2D eigenvalue weighted by atomic mass is 35.5. The van der Waals surface area contributed by atoms with Gasteiger partial charge in [-0.25, -0.2) is 0 Å². The topological polar surface area (TPSA) is 42.2 Å². The van der Waals surface area contributed by atoms with E-state index in [0.29, 0.717) is 34.6 Å². The zero-order valence-electron chi connectivity index (χ0n) is 9.00. The van der Waals surface area contributed by atoms with E-state index in [9.17, 15) is 0 Å². The Hall–Kier alpha value is -1.40. The van der Waals surface area contributed by atoms with Crippen molar-refractivity contribution in [3.63, 3.8) is 0 Å². The molecule has 0 bridgehead atoms. The van der Waals surface area contributed by atoms with Crippen LogP contribution in [0.4, 0.5) is 0 Å². The first-order valence-electron chi connectivity index (χ1n) is 5.15. The van der Waals surface area contributed by atoms with Gasteiger partial charge in [-0.2, -0.15) is 5.26 Å². The largest absolute Gasteiger partial charge is 0.493 e. The lowest BCUT2D eigenvalue weighted by molar-refractivity contribution is 0.280. The third-order valence-corrected chi connectivity index (χ3v) is 2.86. The molecule has 0 spiro atoms. The molecule has 4 heteroatoms. The molecule has 0 N–H and O–H groups in total. The maximum absolute atomic E-state index is 8.83. The molecular weight excluding hydrogens is 226 g/mol. The van der Waals surface area contributed by atoms with Gasteiger partial charge in [-0.05, 0) is 18.8 Å². The minimum absolute atomic E-state index is 0.397. The fraction of sp³-hybridized carbons (Fsp3) is 0.417. The van der Waals surface area contributed by atoms with Gasteiger partial charge in [0.25, 0.3) is 0 Å². The van der Waals surface area contributed by atoms with E-state index < -0.39 is 0 Å². The van der Waals surface area contributed by atoms with E-state index in [1.165, 1.54) is 12.8 Å². The van der Waals surface area contributed by atoms with Crippen molar-refractivity contribution in [1.82, 2.24) is 0 Å². The maximum atomic E-state index is 8.83. The summed E-state index contributed by atoms with van der Waals surface area (Å²) in [6.45, 7) is 0.693. The van der Waals surface area contributed by atoms with Crippen LogP contribution in [0, 0.1) is 17.2 Å². The Kier molecular flexibility index (Phi) is 3.21. The van der Waals surface area contributed by atoms with Gasteiger partial charge in [0.05, 0.1) is 24.3 Å². The van der Waals surface area contributed by atoms with Gasteiger partial charge in [-0.1, -0.05) is 11.6 Å². The number of halogens is 1. The van der Waals surface area contributed by atoms with Gasteiger partial charge >= 0.3 is 0 Å². The number of hydrogen-bond acceptors (Lipinski definition) is 3. The van der Waals surface area contributed by atoms with Crippen LogP contribution in [-0.4, -0.2) is 13.7 Å². The average molecular weight is 238 g/mol. The zero-order valence-corrected chi connectivity index (χ0v) is 9.75. The number of benzene rings is 1. The summed E-state index contributed by atoms with van der Waals surface area (Å²) in [5.41, 5.74) is 0.400. The lowest BCUT2D eigenvalue weighted by Crippen LogP contribution is -2.01. The van der Waals surface area contributed by atoms with E-state index in [-0.39, 0.29) is 0 Å². The van der Waals surface area contributed by atoms with Crippen LogP contribution in [0.2, 0.25) is 5.02 Å². The zero-order chi connectivity index (χ0) is 11.5. The second-order valence-electron chi connectivity index (χ2n) is 3.85. The minimum Gasteiger partial charge on any atom is -0.493 e. The fourth-order valence-electron chi connectivity index (χ4n) is 1.39. The molecule has 1 aromatic rings. The molecule has 1 saturated carbocycles. The highest BCUT2D eigenvalue weighted by molar-refractivity contribution is 6.31. The first kappa shape index (κ1) is 11.1. The summed E-state index contributed by atoms with van der Waals surface area (Å²) in [7, 11) is 1.55. The van der Waals surface area contributed by atoms with Crippen LogP contribution in [0.25, 0.3) is 0 Å². The summed E-state index contributed by atoms with van der Waals surface area (Å²) in [5, 5.41) is 9.22. The summed E-state index contributed by atoms with van der Waals surface area (Å²) in [6, 6.07) is 5.25. The van der Waals surface area contributed by atoms with E-state index in [4.69, 9.17) is 26.3 Å². The highest BCUT2D eigenvalue weighted by Crippen LogP contribution is 2.35. The van der Waals surface area contributed by atoms with Crippen LogP contribution in [0.3, 0.4) is 0 Å². The van der Waals surface area contributed by atoms with Crippen LogP contribution in [0.15, 0.2) is 12.1 Å². The molecule has 0 unspecified atom stereocenters. The molecule has 1 aliphatic carbocycles. The Balaban J connectivity index is 2.21. The Morgan fingerprint density at radius 1 is 1.44 bits per heavy atom. The third-order valence-electron chi connectivity index (χ3n) is 2.55. The summed E-state index contributed by atoms with van der Waals surface area (Å²) in [5.74, 6) is 1.83. The molecule has 84 valence electrons. The number of rotatable bonds is 4. The van der Waals surface area contributed by atoms with Crippen LogP contribution >= 0.6 is 11.6 Å². The molecule has 0 atom stereocenters. The number of ether oxygens (including phenoxy) is 2.